The van der Waals surface area contributed by atoms with Gasteiger partial charge in [-0.3, -0.25) is 14.9 Å². The summed E-state index contributed by atoms with van der Waals surface area (Å²) in [6.45, 7) is -1.20. The van der Waals surface area contributed by atoms with Crippen molar-refractivity contribution >= 4 is 17.8 Å². The molecule has 0 aliphatic heterocycles. The van der Waals surface area contributed by atoms with Crippen molar-refractivity contribution < 1.29 is 28.2 Å². The lowest BCUT2D eigenvalue weighted by Crippen LogP contribution is -2.34. The zero-order valence-corrected chi connectivity index (χ0v) is 12.5. The maximum absolute atomic E-state index is 13.3. The Hall–Kier alpha value is -3.22. The van der Waals surface area contributed by atoms with Gasteiger partial charge in [-0.1, -0.05) is 30.3 Å². The fourth-order valence-corrected chi connectivity index (χ4v) is 1.71. The second-order valence-corrected chi connectivity index (χ2v) is 4.62. The topological polar surface area (TPSA) is 81.7 Å². The standard InChI is InChI=1S/C17H14FNO5/c18-13-8-4-5-9-14(13)23-11-16(21)24-10-15(20)19-17(22)12-6-2-1-3-7-12/h1-9H,10-11H2,(H,19,20,22). The molecule has 0 fully saturated rings. The van der Waals surface area contributed by atoms with Crippen LogP contribution in [0.5, 0.6) is 5.75 Å². The largest absolute Gasteiger partial charge is 0.479 e. The number of esters is 1. The van der Waals surface area contributed by atoms with Crippen LogP contribution in [-0.2, 0) is 14.3 Å². The van der Waals surface area contributed by atoms with Gasteiger partial charge in [0.25, 0.3) is 11.8 Å². The highest BCUT2D eigenvalue weighted by Crippen LogP contribution is 2.14. The summed E-state index contributed by atoms with van der Waals surface area (Å²) in [5.74, 6) is -2.95. The van der Waals surface area contributed by atoms with E-state index < -0.39 is 36.8 Å². The van der Waals surface area contributed by atoms with E-state index in [0.717, 1.165) is 0 Å². The summed E-state index contributed by atoms with van der Waals surface area (Å²) in [5.41, 5.74) is 0.306. The van der Waals surface area contributed by atoms with Crippen molar-refractivity contribution in [3.63, 3.8) is 0 Å². The number of ether oxygens (including phenoxy) is 2. The molecule has 124 valence electrons. The minimum absolute atomic E-state index is 0.0989. The van der Waals surface area contributed by atoms with E-state index in [1.54, 1.807) is 24.3 Å². The summed E-state index contributed by atoms with van der Waals surface area (Å²) < 4.78 is 22.9. The monoisotopic (exact) mass is 331 g/mol. The van der Waals surface area contributed by atoms with Crippen LogP contribution < -0.4 is 10.1 Å². The molecule has 0 saturated carbocycles. The maximum atomic E-state index is 13.3. The molecule has 0 spiro atoms. The molecule has 0 unspecified atom stereocenters. The number of hydrogen-bond donors (Lipinski definition) is 1. The van der Waals surface area contributed by atoms with Crippen molar-refractivity contribution in [1.82, 2.24) is 5.32 Å². The van der Waals surface area contributed by atoms with Crippen LogP contribution >= 0.6 is 0 Å². The zero-order valence-electron chi connectivity index (χ0n) is 12.5. The predicted molar refractivity (Wildman–Crippen MR) is 81.8 cm³/mol. The Morgan fingerprint density at radius 3 is 2.29 bits per heavy atom. The fraction of sp³-hybridized carbons (Fsp3) is 0.118. The van der Waals surface area contributed by atoms with Gasteiger partial charge < -0.3 is 9.47 Å². The molecular formula is C17H14FNO5. The Kier molecular flexibility index (Phi) is 6.01. The minimum Gasteiger partial charge on any atom is -0.479 e. The summed E-state index contributed by atoms with van der Waals surface area (Å²) in [4.78, 5) is 34.7. The molecule has 0 saturated heterocycles. The lowest BCUT2D eigenvalue weighted by molar-refractivity contribution is -0.150. The van der Waals surface area contributed by atoms with E-state index in [1.165, 1.54) is 30.3 Å². The number of rotatable bonds is 6. The van der Waals surface area contributed by atoms with Crippen molar-refractivity contribution in [3.05, 3.63) is 66.0 Å². The van der Waals surface area contributed by atoms with Crippen LogP contribution in [0, 0.1) is 5.82 Å². The lowest BCUT2D eigenvalue weighted by atomic mass is 10.2. The molecule has 0 aliphatic carbocycles. The van der Waals surface area contributed by atoms with Crippen molar-refractivity contribution in [2.45, 2.75) is 0 Å². The Morgan fingerprint density at radius 2 is 1.58 bits per heavy atom. The molecule has 2 aromatic carbocycles. The van der Waals surface area contributed by atoms with E-state index in [9.17, 15) is 18.8 Å². The van der Waals surface area contributed by atoms with Crippen molar-refractivity contribution in [2.75, 3.05) is 13.2 Å². The van der Waals surface area contributed by atoms with Gasteiger partial charge in [0.05, 0.1) is 0 Å². The molecule has 0 heterocycles. The molecule has 24 heavy (non-hydrogen) atoms. The number of para-hydroxylation sites is 1. The van der Waals surface area contributed by atoms with E-state index in [-0.39, 0.29) is 5.75 Å². The van der Waals surface area contributed by atoms with Crippen molar-refractivity contribution in [1.29, 1.82) is 0 Å². The number of imide groups is 1. The number of amides is 2. The molecule has 0 aliphatic rings. The minimum atomic E-state index is -0.861. The van der Waals surface area contributed by atoms with E-state index in [2.05, 4.69) is 10.1 Å². The molecule has 0 bridgehead atoms. The average molecular weight is 331 g/mol. The second kappa shape index (κ2) is 8.42. The first-order valence-corrected chi connectivity index (χ1v) is 6.98. The van der Waals surface area contributed by atoms with Gasteiger partial charge in [0.15, 0.2) is 24.8 Å². The summed E-state index contributed by atoms with van der Waals surface area (Å²) in [6, 6.07) is 13.7. The number of hydrogen-bond acceptors (Lipinski definition) is 5. The van der Waals surface area contributed by atoms with Crippen LogP contribution in [-0.4, -0.2) is 31.0 Å². The highest BCUT2D eigenvalue weighted by molar-refractivity contribution is 6.05. The molecule has 2 rings (SSSR count). The van der Waals surface area contributed by atoms with Crippen molar-refractivity contribution in [3.8, 4) is 5.75 Å². The lowest BCUT2D eigenvalue weighted by Gasteiger charge is -2.08. The highest BCUT2D eigenvalue weighted by atomic mass is 19.1. The summed E-state index contributed by atoms with van der Waals surface area (Å²) in [6.07, 6.45) is 0. The maximum Gasteiger partial charge on any atom is 0.344 e. The van der Waals surface area contributed by atoms with E-state index in [0.29, 0.717) is 5.56 Å². The van der Waals surface area contributed by atoms with Gasteiger partial charge >= 0.3 is 5.97 Å². The Bertz CT molecular complexity index is 733. The van der Waals surface area contributed by atoms with E-state index >= 15 is 0 Å². The highest BCUT2D eigenvalue weighted by Gasteiger charge is 2.13. The van der Waals surface area contributed by atoms with Gasteiger partial charge in [0.2, 0.25) is 0 Å². The van der Waals surface area contributed by atoms with Crippen LogP contribution in [0.1, 0.15) is 10.4 Å². The third-order valence-corrected chi connectivity index (χ3v) is 2.84. The molecule has 2 amide bonds. The molecular weight excluding hydrogens is 317 g/mol. The number of halogens is 1. The average Bonchev–Trinajstić information content (AvgIpc) is 2.60. The Balaban J connectivity index is 1.72. The van der Waals surface area contributed by atoms with Gasteiger partial charge in [-0.15, -0.1) is 0 Å². The van der Waals surface area contributed by atoms with Crippen LogP contribution in [0.2, 0.25) is 0 Å². The van der Waals surface area contributed by atoms with Gasteiger partial charge in [0.1, 0.15) is 0 Å². The zero-order chi connectivity index (χ0) is 17.4. The number of carbonyl (C=O) groups is 3. The Morgan fingerprint density at radius 1 is 0.917 bits per heavy atom. The molecule has 0 radical (unpaired) electrons. The SMILES string of the molecule is O=C(COC(=O)COc1ccccc1F)NC(=O)c1ccccc1. The van der Waals surface area contributed by atoms with E-state index in [1.807, 2.05) is 0 Å². The normalized spacial score (nSPS) is 9.88. The Labute approximate surface area is 137 Å². The summed E-state index contributed by atoms with van der Waals surface area (Å²) >= 11 is 0. The summed E-state index contributed by atoms with van der Waals surface area (Å²) in [7, 11) is 0. The third kappa shape index (κ3) is 5.20. The third-order valence-electron chi connectivity index (χ3n) is 2.84. The van der Waals surface area contributed by atoms with Crippen LogP contribution in [0.15, 0.2) is 54.6 Å². The molecule has 7 heteroatoms. The molecule has 2 aromatic rings. The first-order valence-electron chi connectivity index (χ1n) is 6.98. The number of carbonyl (C=O) groups excluding carboxylic acids is 3. The van der Waals surface area contributed by atoms with Crippen LogP contribution in [0.25, 0.3) is 0 Å². The van der Waals surface area contributed by atoms with Crippen LogP contribution in [0.3, 0.4) is 0 Å². The predicted octanol–water partition coefficient (Wildman–Crippen LogP) is 1.70. The molecule has 6 nitrogen and oxygen atoms in total. The van der Waals surface area contributed by atoms with Gasteiger partial charge in [0, 0.05) is 5.56 Å². The first kappa shape index (κ1) is 17.1. The number of benzene rings is 2. The van der Waals surface area contributed by atoms with Crippen molar-refractivity contribution in [2.24, 2.45) is 0 Å². The molecule has 1 N–H and O–H groups in total. The van der Waals surface area contributed by atoms with Gasteiger partial charge in [-0.05, 0) is 24.3 Å². The number of nitrogens with one attached hydrogen (secondary N) is 1. The summed E-state index contributed by atoms with van der Waals surface area (Å²) in [5, 5.41) is 2.08. The van der Waals surface area contributed by atoms with Gasteiger partial charge in [-0.25, -0.2) is 9.18 Å². The quantitative estimate of drug-likeness (QED) is 0.815. The second-order valence-electron chi connectivity index (χ2n) is 4.62. The first-order chi connectivity index (χ1) is 11.6. The molecule has 0 aromatic heterocycles. The van der Waals surface area contributed by atoms with E-state index in [4.69, 9.17) is 4.74 Å². The van der Waals surface area contributed by atoms with Crippen LogP contribution in [0.4, 0.5) is 4.39 Å². The smallest absolute Gasteiger partial charge is 0.344 e. The molecule has 0 atom stereocenters. The fourth-order valence-electron chi connectivity index (χ4n) is 1.71. The van der Waals surface area contributed by atoms with Gasteiger partial charge in [-0.2, -0.15) is 0 Å².